The molecule has 1 nitrogen and oxygen atoms in total. The average molecular weight is 335 g/mol. The van der Waals surface area contributed by atoms with Crippen LogP contribution in [0.1, 0.15) is 31.4 Å². The van der Waals surface area contributed by atoms with Crippen LogP contribution in [0.5, 0.6) is 0 Å². The molecule has 1 aromatic rings. The van der Waals surface area contributed by atoms with Crippen LogP contribution < -0.4 is 5.73 Å². The van der Waals surface area contributed by atoms with Crippen LogP contribution in [0, 0.1) is 6.92 Å². The molecule has 1 rings (SSSR count). The molecule has 0 heterocycles. The van der Waals surface area contributed by atoms with Crippen molar-refractivity contribution in [2.24, 2.45) is 5.73 Å². The summed E-state index contributed by atoms with van der Waals surface area (Å²) in [7, 11) is 0. The van der Waals surface area contributed by atoms with Crippen molar-refractivity contribution >= 4 is 31.9 Å². The quantitative estimate of drug-likeness (QED) is 0.883. The minimum absolute atomic E-state index is 0.115. The van der Waals surface area contributed by atoms with Gasteiger partial charge < -0.3 is 5.73 Å². The maximum absolute atomic E-state index is 5.64. The minimum atomic E-state index is 0.115. The van der Waals surface area contributed by atoms with Crippen molar-refractivity contribution in [1.29, 1.82) is 0 Å². The average Bonchev–Trinajstić information content (AvgIpc) is 2.11. The lowest BCUT2D eigenvalue weighted by atomic mass is 9.81. The van der Waals surface area contributed by atoms with Gasteiger partial charge in [0.1, 0.15) is 0 Å². The Morgan fingerprint density at radius 3 is 2.33 bits per heavy atom. The van der Waals surface area contributed by atoms with Crippen molar-refractivity contribution in [2.45, 2.75) is 32.6 Å². The van der Waals surface area contributed by atoms with Crippen LogP contribution in [0.15, 0.2) is 21.1 Å². The van der Waals surface area contributed by atoms with Crippen molar-refractivity contribution in [2.75, 3.05) is 6.54 Å². The topological polar surface area (TPSA) is 26.0 Å². The molecule has 15 heavy (non-hydrogen) atoms. The van der Waals surface area contributed by atoms with Gasteiger partial charge in [0.2, 0.25) is 0 Å². The smallest absolute Gasteiger partial charge is 0.0216 e. The Hall–Kier alpha value is 0.140. The van der Waals surface area contributed by atoms with Crippen LogP contribution in [0.2, 0.25) is 0 Å². The van der Waals surface area contributed by atoms with E-state index in [9.17, 15) is 0 Å². The second kappa shape index (κ2) is 4.98. The van der Waals surface area contributed by atoms with Crippen molar-refractivity contribution in [3.05, 3.63) is 32.2 Å². The van der Waals surface area contributed by atoms with Crippen LogP contribution in [0.4, 0.5) is 0 Å². The molecular weight excluding hydrogens is 318 g/mol. The van der Waals surface area contributed by atoms with Gasteiger partial charge in [0, 0.05) is 8.95 Å². The van der Waals surface area contributed by atoms with Crippen LogP contribution in [0.25, 0.3) is 0 Å². The van der Waals surface area contributed by atoms with Gasteiger partial charge in [-0.3, -0.25) is 0 Å². The van der Waals surface area contributed by atoms with E-state index in [1.54, 1.807) is 0 Å². The summed E-state index contributed by atoms with van der Waals surface area (Å²) in [5.74, 6) is 0. The highest BCUT2D eigenvalue weighted by atomic mass is 79.9. The molecule has 0 amide bonds. The van der Waals surface area contributed by atoms with E-state index in [2.05, 4.69) is 64.8 Å². The molecule has 0 aromatic heterocycles. The maximum atomic E-state index is 5.64. The van der Waals surface area contributed by atoms with Crippen LogP contribution in [-0.2, 0) is 5.41 Å². The minimum Gasteiger partial charge on any atom is -0.330 e. The normalized spacial score (nSPS) is 11.9. The Balaban J connectivity index is 3.19. The summed E-state index contributed by atoms with van der Waals surface area (Å²) < 4.78 is 2.33. The van der Waals surface area contributed by atoms with Crippen molar-refractivity contribution in [1.82, 2.24) is 0 Å². The number of hydrogen-bond donors (Lipinski definition) is 1. The van der Waals surface area contributed by atoms with Gasteiger partial charge in [-0.25, -0.2) is 0 Å². The fourth-order valence-corrected chi connectivity index (χ4v) is 3.00. The van der Waals surface area contributed by atoms with Gasteiger partial charge in [-0.15, -0.1) is 0 Å². The molecule has 0 aliphatic rings. The maximum Gasteiger partial charge on any atom is 0.0216 e. The molecule has 0 aliphatic heterocycles. The largest absolute Gasteiger partial charge is 0.330 e. The van der Waals surface area contributed by atoms with Gasteiger partial charge in [-0.05, 0) is 48.6 Å². The molecule has 0 aliphatic carbocycles. The predicted octanol–water partition coefficient (Wildman–Crippen LogP) is 4.15. The first-order chi connectivity index (χ1) is 6.88. The highest BCUT2D eigenvalue weighted by Crippen LogP contribution is 2.35. The number of hydrogen-bond acceptors (Lipinski definition) is 1. The zero-order valence-electron chi connectivity index (χ0n) is 9.40. The zero-order valence-corrected chi connectivity index (χ0v) is 12.6. The van der Waals surface area contributed by atoms with Crippen molar-refractivity contribution in [3.8, 4) is 0 Å². The third kappa shape index (κ3) is 3.05. The predicted molar refractivity (Wildman–Crippen MR) is 73.3 cm³/mol. The molecule has 3 heteroatoms. The Morgan fingerprint density at radius 2 is 1.80 bits per heavy atom. The Labute approximate surface area is 109 Å². The zero-order chi connectivity index (χ0) is 11.6. The van der Waals surface area contributed by atoms with Gasteiger partial charge in [-0.1, -0.05) is 45.7 Å². The van der Waals surface area contributed by atoms with Crippen LogP contribution in [0.3, 0.4) is 0 Å². The van der Waals surface area contributed by atoms with E-state index in [4.69, 9.17) is 5.73 Å². The van der Waals surface area contributed by atoms with E-state index in [-0.39, 0.29) is 5.41 Å². The van der Waals surface area contributed by atoms with E-state index < -0.39 is 0 Å². The second-order valence-electron chi connectivity index (χ2n) is 4.50. The number of aryl methyl sites for hydroxylation is 1. The molecule has 0 saturated heterocycles. The van der Waals surface area contributed by atoms with Gasteiger partial charge >= 0.3 is 0 Å². The van der Waals surface area contributed by atoms with E-state index in [1.807, 2.05) is 0 Å². The van der Waals surface area contributed by atoms with E-state index in [0.717, 1.165) is 10.9 Å². The standard InChI is InChI=1S/C12H17Br2N/c1-8-6-11(14)9(7-10(8)13)12(2,3)4-5-15/h6-7H,4-5,15H2,1-3H3. The lowest BCUT2D eigenvalue weighted by Gasteiger charge is -2.26. The van der Waals surface area contributed by atoms with Crippen molar-refractivity contribution < 1.29 is 0 Å². The first-order valence-corrected chi connectivity index (χ1v) is 6.63. The van der Waals surface area contributed by atoms with Gasteiger partial charge in [0.25, 0.3) is 0 Å². The molecular formula is C12H17Br2N. The first-order valence-electron chi connectivity index (χ1n) is 5.04. The Morgan fingerprint density at radius 1 is 1.20 bits per heavy atom. The molecule has 2 N–H and O–H groups in total. The molecule has 0 fully saturated rings. The highest BCUT2D eigenvalue weighted by Gasteiger charge is 2.22. The monoisotopic (exact) mass is 333 g/mol. The van der Waals surface area contributed by atoms with E-state index in [1.165, 1.54) is 15.6 Å². The fraction of sp³-hybridized carbons (Fsp3) is 0.500. The summed E-state index contributed by atoms with van der Waals surface area (Å²) in [5.41, 5.74) is 8.31. The Kier molecular flexibility index (Phi) is 4.38. The highest BCUT2D eigenvalue weighted by molar-refractivity contribution is 9.11. The van der Waals surface area contributed by atoms with Gasteiger partial charge in [0.05, 0.1) is 0 Å². The second-order valence-corrected chi connectivity index (χ2v) is 6.21. The van der Waals surface area contributed by atoms with Gasteiger partial charge in [0.15, 0.2) is 0 Å². The fourth-order valence-electron chi connectivity index (χ4n) is 1.66. The first kappa shape index (κ1) is 13.2. The number of benzene rings is 1. The van der Waals surface area contributed by atoms with Gasteiger partial charge in [-0.2, -0.15) is 0 Å². The third-order valence-corrected chi connectivity index (χ3v) is 4.26. The third-order valence-electron chi connectivity index (χ3n) is 2.75. The lowest BCUT2D eigenvalue weighted by Crippen LogP contribution is -2.22. The summed E-state index contributed by atoms with van der Waals surface area (Å²) in [6, 6.07) is 4.34. The van der Waals surface area contributed by atoms with E-state index in [0.29, 0.717) is 6.54 Å². The molecule has 84 valence electrons. The summed E-state index contributed by atoms with van der Waals surface area (Å²) in [5, 5.41) is 0. The molecule has 0 spiro atoms. The summed E-state index contributed by atoms with van der Waals surface area (Å²) in [4.78, 5) is 0. The lowest BCUT2D eigenvalue weighted by molar-refractivity contribution is 0.485. The summed E-state index contributed by atoms with van der Waals surface area (Å²) >= 11 is 7.20. The molecule has 0 bridgehead atoms. The van der Waals surface area contributed by atoms with Crippen LogP contribution >= 0.6 is 31.9 Å². The summed E-state index contributed by atoms with van der Waals surface area (Å²) in [6.07, 6.45) is 0.987. The number of rotatable bonds is 3. The van der Waals surface area contributed by atoms with Crippen LogP contribution in [-0.4, -0.2) is 6.54 Å². The summed E-state index contributed by atoms with van der Waals surface area (Å²) in [6.45, 7) is 7.25. The number of halogens is 2. The molecule has 0 saturated carbocycles. The SMILES string of the molecule is Cc1cc(Br)c(C(C)(C)CCN)cc1Br. The van der Waals surface area contributed by atoms with Crippen molar-refractivity contribution in [3.63, 3.8) is 0 Å². The molecule has 1 aromatic carbocycles. The molecule has 0 unspecified atom stereocenters. The van der Waals surface area contributed by atoms with E-state index >= 15 is 0 Å². The molecule has 0 atom stereocenters. The number of nitrogens with two attached hydrogens (primary N) is 1. The Bertz CT molecular complexity index is 359. The molecule has 0 radical (unpaired) electrons.